The average molecular weight is 256 g/mol. The normalized spacial score (nSPS) is 23.7. The van der Waals surface area contributed by atoms with Gasteiger partial charge in [-0.3, -0.25) is 14.4 Å². The summed E-state index contributed by atoms with van der Waals surface area (Å²) in [5.41, 5.74) is 4.41. The SMILES string of the molecule is CC(C)(CC(N)=O)NC(=O)[C@@H]1CC[C@H](C(=O)O)C1. The van der Waals surface area contributed by atoms with E-state index in [2.05, 4.69) is 5.32 Å². The Bertz CT molecular complexity index is 365. The van der Waals surface area contributed by atoms with Crippen molar-refractivity contribution >= 4 is 17.8 Å². The maximum Gasteiger partial charge on any atom is 0.306 e. The number of rotatable bonds is 5. The smallest absolute Gasteiger partial charge is 0.306 e. The molecule has 0 heterocycles. The van der Waals surface area contributed by atoms with Crippen molar-refractivity contribution in [3.63, 3.8) is 0 Å². The highest BCUT2D eigenvalue weighted by Gasteiger charge is 2.35. The molecule has 2 atom stereocenters. The Hall–Kier alpha value is -1.59. The number of primary amides is 1. The highest BCUT2D eigenvalue weighted by atomic mass is 16.4. The molecule has 0 spiro atoms. The number of nitrogens with two attached hydrogens (primary N) is 1. The Morgan fingerprint density at radius 3 is 2.28 bits per heavy atom. The lowest BCUT2D eigenvalue weighted by atomic mass is 9.97. The molecule has 0 unspecified atom stereocenters. The highest BCUT2D eigenvalue weighted by molar-refractivity contribution is 5.82. The number of carboxylic acid groups (broad SMARTS) is 1. The third-order valence-corrected chi connectivity index (χ3v) is 3.23. The summed E-state index contributed by atoms with van der Waals surface area (Å²) in [6.07, 6.45) is 1.54. The monoisotopic (exact) mass is 256 g/mol. The lowest BCUT2D eigenvalue weighted by Gasteiger charge is -2.26. The minimum absolute atomic E-state index is 0.0633. The fraction of sp³-hybridized carbons (Fsp3) is 0.750. The van der Waals surface area contributed by atoms with Gasteiger partial charge in [-0.25, -0.2) is 0 Å². The lowest BCUT2D eigenvalue weighted by molar-refractivity contribution is -0.141. The number of hydrogen-bond donors (Lipinski definition) is 3. The summed E-state index contributed by atoms with van der Waals surface area (Å²) in [5, 5.41) is 11.6. The predicted octanol–water partition coefficient (Wildman–Crippen LogP) is 0.258. The molecule has 1 fully saturated rings. The minimum atomic E-state index is -0.846. The molecular formula is C12H20N2O4. The first-order valence-electron chi connectivity index (χ1n) is 6.04. The Labute approximate surface area is 106 Å². The number of nitrogens with one attached hydrogen (secondary N) is 1. The van der Waals surface area contributed by atoms with Crippen LogP contribution in [-0.2, 0) is 14.4 Å². The molecule has 102 valence electrons. The first-order valence-corrected chi connectivity index (χ1v) is 6.04. The van der Waals surface area contributed by atoms with Crippen LogP contribution in [-0.4, -0.2) is 28.4 Å². The van der Waals surface area contributed by atoms with E-state index in [0.29, 0.717) is 19.3 Å². The molecule has 0 aromatic carbocycles. The summed E-state index contributed by atoms with van der Waals surface area (Å²) in [6, 6.07) is 0. The number of hydrogen-bond acceptors (Lipinski definition) is 3. The Balaban J connectivity index is 2.52. The van der Waals surface area contributed by atoms with E-state index >= 15 is 0 Å². The molecule has 0 aromatic heterocycles. The van der Waals surface area contributed by atoms with Crippen molar-refractivity contribution in [3.05, 3.63) is 0 Å². The van der Waals surface area contributed by atoms with Crippen LogP contribution < -0.4 is 11.1 Å². The zero-order valence-electron chi connectivity index (χ0n) is 10.7. The number of carbonyl (C=O) groups excluding carboxylic acids is 2. The molecule has 0 bridgehead atoms. The molecule has 2 amide bonds. The van der Waals surface area contributed by atoms with Gasteiger partial charge in [0.15, 0.2) is 0 Å². The molecule has 4 N–H and O–H groups in total. The van der Waals surface area contributed by atoms with Gasteiger partial charge >= 0.3 is 5.97 Å². The Kier molecular flexibility index (Phi) is 4.32. The molecule has 1 aliphatic rings. The van der Waals surface area contributed by atoms with Crippen LogP contribution in [0, 0.1) is 11.8 Å². The van der Waals surface area contributed by atoms with Crippen molar-refractivity contribution in [2.75, 3.05) is 0 Å². The molecule has 6 nitrogen and oxygen atoms in total. The third kappa shape index (κ3) is 4.01. The molecule has 1 rings (SSSR count). The summed E-state index contributed by atoms with van der Waals surface area (Å²) in [5.74, 6) is -2.22. The van der Waals surface area contributed by atoms with E-state index in [1.807, 2.05) is 0 Å². The van der Waals surface area contributed by atoms with E-state index < -0.39 is 23.3 Å². The fourth-order valence-corrected chi connectivity index (χ4v) is 2.36. The van der Waals surface area contributed by atoms with E-state index in [4.69, 9.17) is 10.8 Å². The van der Waals surface area contributed by atoms with E-state index in [0.717, 1.165) is 0 Å². The fourth-order valence-electron chi connectivity index (χ4n) is 2.36. The van der Waals surface area contributed by atoms with Gasteiger partial charge in [0.05, 0.1) is 5.92 Å². The highest BCUT2D eigenvalue weighted by Crippen LogP contribution is 2.31. The molecular weight excluding hydrogens is 236 g/mol. The van der Waals surface area contributed by atoms with Crippen LogP contribution >= 0.6 is 0 Å². The van der Waals surface area contributed by atoms with Crippen LogP contribution in [0.15, 0.2) is 0 Å². The predicted molar refractivity (Wildman–Crippen MR) is 64.5 cm³/mol. The van der Waals surface area contributed by atoms with E-state index in [1.165, 1.54) is 0 Å². The first-order chi connectivity index (χ1) is 8.21. The summed E-state index contributed by atoms with van der Waals surface area (Å²) in [4.78, 5) is 33.6. The van der Waals surface area contributed by atoms with E-state index in [1.54, 1.807) is 13.8 Å². The van der Waals surface area contributed by atoms with Gasteiger partial charge in [-0.2, -0.15) is 0 Å². The summed E-state index contributed by atoms with van der Waals surface area (Å²) in [6.45, 7) is 3.44. The van der Waals surface area contributed by atoms with Crippen molar-refractivity contribution < 1.29 is 19.5 Å². The van der Waals surface area contributed by atoms with Crippen LogP contribution in [0.4, 0.5) is 0 Å². The van der Waals surface area contributed by atoms with Gasteiger partial charge < -0.3 is 16.2 Å². The number of carbonyl (C=O) groups is 3. The van der Waals surface area contributed by atoms with E-state index in [9.17, 15) is 14.4 Å². The molecule has 6 heteroatoms. The number of carboxylic acids is 1. The zero-order valence-corrected chi connectivity index (χ0v) is 10.7. The van der Waals surface area contributed by atoms with E-state index in [-0.39, 0.29) is 18.2 Å². The van der Waals surface area contributed by atoms with Gasteiger partial charge in [0.1, 0.15) is 0 Å². The van der Waals surface area contributed by atoms with Gasteiger partial charge in [0.25, 0.3) is 0 Å². The second-order valence-corrected chi connectivity index (χ2v) is 5.56. The van der Waals surface area contributed by atoms with Crippen LogP contribution in [0.1, 0.15) is 39.5 Å². The molecule has 0 aromatic rings. The maximum absolute atomic E-state index is 12.0. The molecule has 0 radical (unpaired) electrons. The molecule has 0 aliphatic heterocycles. The second kappa shape index (κ2) is 5.37. The van der Waals surface area contributed by atoms with Crippen LogP contribution in [0.5, 0.6) is 0 Å². The summed E-state index contributed by atoms with van der Waals surface area (Å²) >= 11 is 0. The van der Waals surface area contributed by atoms with Crippen LogP contribution in [0.3, 0.4) is 0 Å². The molecule has 1 saturated carbocycles. The number of amides is 2. The van der Waals surface area contributed by atoms with Crippen molar-refractivity contribution in [2.45, 2.75) is 45.1 Å². The zero-order chi connectivity index (χ0) is 13.9. The molecule has 0 saturated heterocycles. The summed E-state index contributed by atoms with van der Waals surface area (Å²) < 4.78 is 0. The van der Waals surface area contributed by atoms with Gasteiger partial charge in [-0.15, -0.1) is 0 Å². The maximum atomic E-state index is 12.0. The van der Waals surface area contributed by atoms with Crippen LogP contribution in [0.25, 0.3) is 0 Å². The van der Waals surface area contributed by atoms with Crippen molar-refractivity contribution in [1.29, 1.82) is 0 Å². The Morgan fingerprint density at radius 1 is 1.28 bits per heavy atom. The van der Waals surface area contributed by atoms with Crippen molar-refractivity contribution in [3.8, 4) is 0 Å². The largest absolute Gasteiger partial charge is 0.481 e. The molecule has 18 heavy (non-hydrogen) atoms. The molecule has 1 aliphatic carbocycles. The van der Waals surface area contributed by atoms with Crippen molar-refractivity contribution in [2.24, 2.45) is 17.6 Å². The standard InChI is InChI=1S/C12H20N2O4/c1-12(2,6-9(13)15)14-10(16)7-3-4-8(5-7)11(17)18/h7-8H,3-6H2,1-2H3,(H2,13,15)(H,14,16)(H,17,18)/t7-,8+/m1/s1. The van der Waals surface area contributed by atoms with Gasteiger partial charge in [0, 0.05) is 17.9 Å². The minimum Gasteiger partial charge on any atom is -0.481 e. The second-order valence-electron chi connectivity index (χ2n) is 5.56. The summed E-state index contributed by atoms with van der Waals surface area (Å²) in [7, 11) is 0. The van der Waals surface area contributed by atoms with Gasteiger partial charge in [-0.05, 0) is 33.1 Å². The van der Waals surface area contributed by atoms with Gasteiger partial charge in [-0.1, -0.05) is 0 Å². The first kappa shape index (κ1) is 14.5. The number of aliphatic carboxylic acids is 1. The lowest BCUT2D eigenvalue weighted by Crippen LogP contribution is -2.48. The van der Waals surface area contributed by atoms with Crippen molar-refractivity contribution in [1.82, 2.24) is 5.32 Å². The third-order valence-electron chi connectivity index (χ3n) is 3.23. The topological polar surface area (TPSA) is 109 Å². The quantitative estimate of drug-likeness (QED) is 0.655. The average Bonchev–Trinajstić information content (AvgIpc) is 2.62. The Morgan fingerprint density at radius 2 is 1.83 bits per heavy atom. The van der Waals surface area contributed by atoms with Gasteiger partial charge in [0.2, 0.25) is 11.8 Å². The van der Waals surface area contributed by atoms with Crippen LogP contribution in [0.2, 0.25) is 0 Å².